The molecule has 0 bridgehead atoms. The monoisotopic (exact) mass is 304 g/mol. The molecule has 6 nitrogen and oxygen atoms in total. The van der Waals surface area contributed by atoms with Gasteiger partial charge in [-0.3, -0.25) is 0 Å². The van der Waals surface area contributed by atoms with Crippen LogP contribution in [0.4, 0.5) is 11.6 Å². The Kier molecular flexibility index (Phi) is 4.15. The molecule has 1 fully saturated rings. The molecule has 0 unspecified atom stereocenters. The lowest BCUT2D eigenvalue weighted by Gasteiger charge is -2.23. The van der Waals surface area contributed by atoms with Crippen molar-refractivity contribution in [1.82, 2.24) is 20.2 Å². The molecule has 3 rings (SSSR count). The van der Waals surface area contributed by atoms with Gasteiger partial charge < -0.3 is 9.80 Å². The summed E-state index contributed by atoms with van der Waals surface area (Å²) < 4.78 is 0. The zero-order valence-electron chi connectivity index (χ0n) is 11.9. The van der Waals surface area contributed by atoms with Crippen molar-refractivity contribution in [3.05, 3.63) is 35.4 Å². The molecule has 2 aromatic rings. The summed E-state index contributed by atoms with van der Waals surface area (Å²) in [4.78, 5) is 12.7. The quantitative estimate of drug-likeness (QED) is 0.845. The van der Waals surface area contributed by atoms with Gasteiger partial charge in [-0.15, -0.1) is 5.10 Å². The van der Waals surface area contributed by atoms with Crippen molar-refractivity contribution < 1.29 is 0 Å². The summed E-state index contributed by atoms with van der Waals surface area (Å²) in [6, 6.07) is 4.02. The van der Waals surface area contributed by atoms with Crippen molar-refractivity contribution in [1.29, 1.82) is 0 Å². The Hall–Kier alpha value is -1.95. The van der Waals surface area contributed by atoms with E-state index in [0.717, 1.165) is 49.9 Å². The van der Waals surface area contributed by atoms with Crippen LogP contribution in [-0.2, 0) is 0 Å². The molecule has 7 heteroatoms. The Morgan fingerprint density at radius 3 is 2.62 bits per heavy atom. The van der Waals surface area contributed by atoms with Crippen LogP contribution in [0.25, 0.3) is 0 Å². The highest BCUT2D eigenvalue weighted by Gasteiger charge is 2.18. The topological polar surface area (TPSA) is 58.0 Å². The van der Waals surface area contributed by atoms with Gasteiger partial charge in [-0.05, 0) is 25.5 Å². The molecule has 0 spiro atoms. The van der Waals surface area contributed by atoms with E-state index in [1.54, 1.807) is 6.20 Å². The minimum Gasteiger partial charge on any atom is -0.353 e. The van der Waals surface area contributed by atoms with E-state index in [9.17, 15) is 0 Å². The summed E-state index contributed by atoms with van der Waals surface area (Å²) >= 11 is 6.18. The normalized spacial score (nSPS) is 15.9. The summed E-state index contributed by atoms with van der Waals surface area (Å²) in [5.41, 5.74) is 0.933. The first-order chi connectivity index (χ1) is 10.2. The molecule has 110 valence electrons. The van der Waals surface area contributed by atoms with E-state index < -0.39 is 0 Å². The molecule has 0 radical (unpaired) electrons. The number of aromatic nitrogens is 4. The lowest BCUT2D eigenvalue weighted by Crippen LogP contribution is -2.31. The lowest BCUT2D eigenvalue weighted by molar-refractivity contribution is 0.782. The third-order valence-corrected chi connectivity index (χ3v) is 3.82. The number of rotatable bonds is 2. The maximum absolute atomic E-state index is 6.18. The lowest BCUT2D eigenvalue weighted by atomic mass is 10.3. The molecule has 3 heterocycles. The van der Waals surface area contributed by atoms with Gasteiger partial charge in [-0.2, -0.15) is 5.10 Å². The second-order valence-electron chi connectivity index (χ2n) is 5.05. The fraction of sp³-hybridized carbons (Fsp3) is 0.429. The summed E-state index contributed by atoms with van der Waals surface area (Å²) in [6.07, 6.45) is 4.20. The Morgan fingerprint density at radius 1 is 1.05 bits per heavy atom. The first-order valence-corrected chi connectivity index (χ1v) is 7.37. The number of anilines is 2. The van der Waals surface area contributed by atoms with Gasteiger partial charge >= 0.3 is 0 Å². The fourth-order valence-corrected chi connectivity index (χ4v) is 2.68. The predicted molar refractivity (Wildman–Crippen MR) is 82.9 cm³/mol. The summed E-state index contributed by atoms with van der Waals surface area (Å²) in [5, 5.41) is 8.99. The standard InChI is InChI=1S/C14H17ClN6/c1-11-3-4-13(19-18-11)20-5-2-6-21(8-7-20)14-12(15)9-16-10-17-14/h3-4,9-10H,2,5-8H2,1H3. The Bertz CT molecular complexity index is 603. The zero-order chi connectivity index (χ0) is 14.7. The van der Waals surface area contributed by atoms with Crippen molar-refractivity contribution in [2.24, 2.45) is 0 Å². The van der Waals surface area contributed by atoms with Crippen LogP contribution in [0.3, 0.4) is 0 Å². The van der Waals surface area contributed by atoms with E-state index in [0.29, 0.717) is 5.02 Å². The molecule has 0 amide bonds. The second kappa shape index (κ2) is 6.22. The Labute approximate surface area is 128 Å². The van der Waals surface area contributed by atoms with Crippen LogP contribution < -0.4 is 9.80 Å². The molecular weight excluding hydrogens is 288 g/mol. The molecule has 1 aliphatic heterocycles. The van der Waals surface area contributed by atoms with Crippen molar-refractivity contribution in [2.75, 3.05) is 36.0 Å². The molecular formula is C14H17ClN6. The van der Waals surface area contributed by atoms with Gasteiger partial charge in [-0.1, -0.05) is 11.6 Å². The molecule has 1 aliphatic rings. The zero-order valence-corrected chi connectivity index (χ0v) is 12.7. The van der Waals surface area contributed by atoms with Gasteiger partial charge in [0, 0.05) is 26.2 Å². The van der Waals surface area contributed by atoms with E-state index in [2.05, 4.69) is 30.0 Å². The minimum atomic E-state index is 0.598. The van der Waals surface area contributed by atoms with E-state index >= 15 is 0 Å². The average Bonchev–Trinajstić information content (AvgIpc) is 2.74. The van der Waals surface area contributed by atoms with Gasteiger partial charge in [0.1, 0.15) is 11.3 Å². The summed E-state index contributed by atoms with van der Waals surface area (Å²) in [5.74, 6) is 1.74. The molecule has 0 saturated carbocycles. The highest BCUT2D eigenvalue weighted by Crippen LogP contribution is 2.23. The summed E-state index contributed by atoms with van der Waals surface area (Å²) in [6.45, 7) is 5.55. The van der Waals surface area contributed by atoms with Crippen LogP contribution in [-0.4, -0.2) is 46.3 Å². The Morgan fingerprint density at radius 2 is 1.86 bits per heavy atom. The molecule has 2 aromatic heterocycles. The van der Waals surface area contributed by atoms with Gasteiger partial charge in [0.25, 0.3) is 0 Å². The van der Waals surface area contributed by atoms with Gasteiger partial charge in [0.05, 0.1) is 11.9 Å². The SMILES string of the molecule is Cc1ccc(N2CCCN(c3ncncc3Cl)CC2)nn1. The number of aryl methyl sites for hydroxylation is 1. The second-order valence-corrected chi connectivity index (χ2v) is 5.46. The fourth-order valence-electron chi connectivity index (χ4n) is 2.46. The molecule has 0 atom stereocenters. The smallest absolute Gasteiger partial charge is 0.151 e. The number of nitrogens with zero attached hydrogens (tertiary/aromatic N) is 6. The van der Waals surface area contributed by atoms with Crippen LogP contribution in [0.1, 0.15) is 12.1 Å². The van der Waals surface area contributed by atoms with Gasteiger partial charge in [0.15, 0.2) is 11.6 Å². The van der Waals surface area contributed by atoms with Crippen molar-refractivity contribution in [3.8, 4) is 0 Å². The third-order valence-electron chi connectivity index (χ3n) is 3.55. The van der Waals surface area contributed by atoms with Crippen LogP contribution in [0, 0.1) is 6.92 Å². The highest BCUT2D eigenvalue weighted by molar-refractivity contribution is 6.32. The number of hydrogen-bond donors (Lipinski definition) is 0. The van der Waals surface area contributed by atoms with Crippen LogP contribution in [0.5, 0.6) is 0 Å². The highest BCUT2D eigenvalue weighted by atomic mass is 35.5. The molecule has 0 aromatic carbocycles. The van der Waals surface area contributed by atoms with Crippen LogP contribution in [0.15, 0.2) is 24.7 Å². The molecule has 0 aliphatic carbocycles. The molecule has 1 saturated heterocycles. The maximum atomic E-state index is 6.18. The van der Waals surface area contributed by atoms with E-state index in [-0.39, 0.29) is 0 Å². The first-order valence-electron chi connectivity index (χ1n) is 7.00. The number of halogens is 1. The van der Waals surface area contributed by atoms with Crippen LogP contribution >= 0.6 is 11.6 Å². The number of hydrogen-bond acceptors (Lipinski definition) is 6. The van der Waals surface area contributed by atoms with Crippen molar-refractivity contribution in [2.45, 2.75) is 13.3 Å². The van der Waals surface area contributed by atoms with Crippen molar-refractivity contribution in [3.63, 3.8) is 0 Å². The first kappa shape index (κ1) is 14.0. The maximum Gasteiger partial charge on any atom is 0.151 e. The molecule has 21 heavy (non-hydrogen) atoms. The summed E-state index contributed by atoms with van der Waals surface area (Å²) in [7, 11) is 0. The molecule has 0 N–H and O–H groups in total. The average molecular weight is 305 g/mol. The minimum absolute atomic E-state index is 0.598. The predicted octanol–water partition coefficient (Wildman–Crippen LogP) is 1.95. The Balaban J connectivity index is 1.72. The van der Waals surface area contributed by atoms with E-state index in [1.807, 2.05) is 19.1 Å². The van der Waals surface area contributed by atoms with Crippen molar-refractivity contribution >= 4 is 23.2 Å². The van der Waals surface area contributed by atoms with Gasteiger partial charge in [-0.25, -0.2) is 9.97 Å². The largest absolute Gasteiger partial charge is 0.353 e. The van der Waals surface area contributed by atoms with Gasteiger partial charge in [0.2, 0.25) is 0 Å². The van der Waals surface area contributed by atoms with E-state index in [4.69, 9.17) is 11.6 Å². The van der Waals surface area contributed by atoms with E-state index in [1.165, 1.54) is 6.33 Å². The third kappa shape index (κ3) is 3.21. The van der Waals surface area contributed by atoms with Crippen LogP contribution in [0.2, 0.25) is 5.02 Å².